The summed E-state index contributed by atoms with van der Waals surface area (Å²) < 4.78 is 0. The first-order valence-electron chi connectivity index (χ1n) is 5.55. The molecule has 0 aromatic rings. The summed E-state index contributed by atoms with van der Waals surface area (Å²) in [4.78, 5) is 24.9. The van der Waals surface area contributed by atoms with Gasteiger partial charge in [0.25, 0.3) is 0 Å². The number of carbonyl (C=O) groups excluding carboxylic acids is 2. The summed E-state index contributed by atoms with van der Waals surface area (Å²) in [6.45, 7) is 3.78. The van der Waals surface area contributed by atoms with E-state index >= 15 is 0 Å². The maximum absolute atomic E-state index is 11.8. The fourth-order valence-corrected chi connectivity index (χ4v) is 2.13. The van der Waals surface area contributed by atoms with Crippen molar-refractivity contribution >= 4 is 11.8 Å². The number of nitriles is 1. The van der Waals surface area contributed by atoms with E-state index in [4.69, 9.17) is 5.26 Å². The molecule has 0 aromatic carbocycles. The Morgan fingerprint density at radius 3 is 2.44 bits per heavy atom. The Balaban J connectivity index is 2.64. The molecule has 88 valence electrons. The normalized spacial score (nSPS) is 24.7. The number of rotatable bonds is 1. The summed E-state index contributed by atoms with van der Waals surface area (Å²) in [5, 5.41) is 10.6. The Bertz CT molecular complexity index is 312. The first-order chi connectivity index (χ1) is 7.57. The number of likely N-dealkylation sites (tertiary alicyclic amines) is 1. The molecule has 2 atom stereocenters. The van der Waals surface area contributed by atoms with Gasteiger partial charge in [-0.05, 0) is 33.1 Å². The molecule has 0 unspecified atom stereocenters. The molecule has 0 bridgehead atoms. The van der Waals surface area contributed by atoms with E-state index in [0.29, 0.717) is 0 Å². The molecule has 0 aromatic heterocycles. The fraction of sp³-hybridized carbons (Fsp3) is 0.727. The molecule has 5 nitrogen and oxygen atoms in total. The molecule has 0 saturated carbocycles. The van der Waals surface area contributed by atoms with Crippen molar-refractivity contribution in [1.29, 1.82) is 5.26 Å². The van der Waals surface area contributed by atoms with Crippen molar-refractivity contribution in [1.82, 2.24) is 10.2 Å². The third-order valence-electron chi connectivity index (χ3n) is 2.95. The first kappa shape index (κ1) is 12.5. The minimum atomic E-state index is -0.679. The van der Waals surface area contributed by atoms with Gasteiger partial charge in [0.15, 0.2) is 0 Å². The van der Waals surface area contributed by atoms with Crippen LogP contribution in [0.2, 0.25) is 0 Å². The highest BCUT2D eigenvalue weighted by Crippen LogP contribution is 2.22. The smallest absolute Gasteiger partial charge is 0.312 e. The van der Waals surface area contributed by atoms with Crippen molar-refractivity contribution < 1.29 is 9.59 Å². The molecule has 0 radical (unpaired) electrons. The highest BCUT2D eigenvalue weighted by molar-refractivity contribution is 6.35. The van der Waals surface area contributed by atoms with Gasteiger partial charge in [0.1, 0.15) is 6.54 Å². The largest absolute Gasteiger partial charge is 0.335 e. The molecule has 1 saturated heterocycles. The summed E-state index contributed by atoms with van der Waals surface area (Å²) in [6.07, 6.45) is 2.95. The molecular formula is C11H17N3O2. The predicted molar refractivity (Wildman–Crippen MR) is 58.2 cm³/mol. The van der Waals surface area contributed by atoms with Crippen LogP contribution in [0.3, 0.4) is 0 Å². The van der Waals surface area contributed by atoms with Crippen LogP contribution in [0.5, 0.6) is 0 Å². The molecule has 5 heteroatoms. The van der Waals surface area contributed by atoms with Gasteiger partial charge in [-0.15, -0.1) is 0 Å². The van der Waals surface area contributed by atoms with E-state index in [1.165, 1.54) is 0 Å². The van der Waals surface area contributed by atoms with Crippen LogP contribution in [0, 0.1) is 11.3 Å². The van der Waals surface area contributed by atoms with Crippen molar-refractivity contribution in [2.24, 2.45) is 0 Å². The summed E-state index contributed by atoms with van der Waals surface area (Å²) in [6, 6.07) is 1.98. The van der Waals surface area contributed by atoms with E-state index in [9.17, 15) is 9.59 Å². The molecular weight excluding hydrogens is 206 g/mol. The zero-order valence-electron chi connectivity index (χ0n) is 9.69. The van der Waals surface area contributed by atoms with Crippen molar-refractivity contribution in [3.8, 4) is 6.07 Å². The summed E-state index contributed by atoms with van der Waals surface area (Å²) >= 11 is 0. The van der Waals surface area contributed by atoms with E-state index in [2.05, 4.69) is 5.32 Å². The maximum atomic E-state index is 11.8. The molecule has 1 heterocycles. The molecule has 1 aliphatic rings. The van der Waals surface area contributed by atoms with Crippen molar-refractivity contribution in [3.05, 3.63) is 0 Å². The van der Waals surface area contributed by atoms with Gasteiger partial charge in [0.05, 0.1) is 6.07 Å². The van der Waals surface area contributed by atoms with Crippen LogP contribution in [0.15, 0.2) is 0 Å². The van der Waals surface area contributed by atoms with Gasteiger partial charge in [-0.3, -0.25) is 9.59 Å². The van der Waals surface area contributed by atoms with E-state index in [-0.39, 0.29) is 18.6 Å². The second kappa shape index (κ2) is 5.50. The third kappa shape index (κ3) is 2.72. The molecule has 1 N–H and O–H groups in total. The Morgan fingerprint density at radius 2 is 1.94 bits per heavy atom. The second-order valence-electron chi connectivity index (χ2n) is 4.18. The number of piperidine rings is 1. The topological polar surface area (TPSA) is 73.2 Å². The van der Waals surface area contributed by atoms with Gasteiger partial charge in [-0.25, -0.2) is 0 Å². The quantitative estimate of drug-likeness (QED) is 0.517. The zero-order chi connectivity index (χ0) is 12.1. The second-order valence-corrected chi connectivity index (χ2v) is 4.18. The van der Waals surface area contributed by atoms with Gasteiger partial charge in [-0.1, -0.05) is 0 Å². The Kier molecular flexibility index (Phi) is 4.29. The fourth-order valence-electron chi connectivity index (χ4n) is 2.13. The number of amides is 2. The van der Waals surface area contributed by atoms with Crippen molar-refractivity contribution in [2.45, 2.75) is 45.2 Å². The standard InChI is InChI=1S/C11H17N3O2/c1-8-4-3-5-9(2)14(8)11(16)10(15)13-7-6-12/h8-9H,3-5,7H2,1-2H3,(H,13,15)/t8-,9+. The van der Waals surface area contributed by atoms with Crippen LogP contribution in [0.1, 0.15) is 33.1 Å². The monoisotopic (exact) mass is 223 g/mol. The molecule has 1 aliphatic heterocycles. The van der Waals surface area contributed by atoms with Crippen LogP contribution >= 0.6 is 0 Å². The number of nitrogens with zero attached hydrogens (tertiary/aromatic N) is 2. The Hall–Kier alpha value is -1.57. The van der Waals surface area contributed by atoms with E-state index in [0.717, 1.165) is 19.3 Å². The number of hydrogen-bond acceptors (Lipinski definition) is 3. The van der Waals surface area contributed by atoms with Gasteiger partial charge in [0, 0.05) is 12.1 Å². The molecule has 1 rings (SSSR count). The van der Waals surface area contributed by atoms with Crippen molar-refractivity contribution in [3.63, 3.8) is 0 Å². The lowest BCUT2D eigenvalue weighted by molar-refractivity contribution is -0.149. The molecule has 0 spiro atoms. The molecule has 1 fully saturated rings. The lowest BCUT2D eigenvalue weighted by Crippen LogP contribution is -2.52. The number of hydrogen-bond donors (Lipinski definition) is 1. The minimum Gasteiger partial charge on any atom is -0.335 e. The van der Waals surface area contributed by atoms with Gasteiger partial charge >= 0.3 is 11.8 Å². The van der Waals surface area contributed by atoms with Crippen LogP contribution in [-0.4, -0.2) is 35.3 Å². The van der Waals surface area contributed by atoms with E-state index < -0.39 is 11.8 Å². The van der Waals surface area contributed by atoms with Crippen molar-refractivity contribution in [2.75, 3.05) is 6.54 Å². The predicted octanol–water partition coefficient (Wildman–Crippen LogP) is 0.416. The lowest BCUT2D eigenvalue weighted by Gasteiger charge is -2.38. The number of carbonyl (C=O) groups is 2. The highest BCUT2D eigenvalue weighted by atomic mass is 16.2. The minimum absolute atomic E-state index is 0.101. The van der Waals surface area contributed by atoms with Gasteiger partial charge in [0.2, 0.25) is 0 Å². The third-order valence-corrected chi connectivity index (χ3v) is 2.95. The molecule has 0 aliphatic carbocycles. The zero-order valence-corrected chi connectivity index (χ0v) is 9.69. The molecule has 16 heavy (non-hydrogen) atoms. The van der Waals surface area contributed by atoms with Gasteiger partial charge < -0.3 is 10.2 Å². The summed E-state index contributed by atoms with van der Waals surface area (Å²) in [5.41, 5.74) is 0. The van der Waals surface area contributed by atoms with E-state index in [1.54, 1.807) is 11.0 Å². The highest BCUT2D eigenvalue weighted by Gasteiger charge is 2.32. The van der Waals surface area contributed by atoms with Crippen LogP contribution in [0.4, 0.5) is 0 Å². The summed E-state index contributed by atoms with van der Waals surface area (Å²) in [5.74, 6) is -1.20. The summed E-state index contributed by atoms with van der Waals surface area (Å²) in [7, 11) is 0. The average Bonchev–Trinajstić information content (AvgIpc) is 2.25. The van der Waals surface area contributed by atoms with Gasteiger partial charge in [-0.2, -0.15) is 5.26 Å². The van der Waals surface area contributed by atoms with E-state index in [1.807, 2.05) is 13.8 Å². The average molecular weight is 223 g/mol. The SMILES string of the molecule is C[C@@H]1CCC[C@H](C)N1C(=O)C(=O)NCC#N. The first-order valence-corrected chi connectivity index (χ1v) is 5.55. The van der Waals surface area contributed by atoms with Crippen LogP contribution in [-0.2, 0) is 9.59 Å². The molecule has 2 amide bonds. The van der Waals surface area contributed by atoms with Crippen LogP contribution < -0.4 is 5.32 Å². The lowest BCUT2D eigenvalue weighted by atomic mass is 9.97. The maximum Gasteiger partial charge on any atom is 0.312 e. The van der Waals surface area contributed by atoms with Crippen LogP contribution in [0.25, 0.3) is 0 Å². The Labute approximate surface area is 95.4 Å². The number of nitrogens with one attached hydrogen (secondary N) is 1. The Morgan fingerprint density at radius 1 is 1.38 bits per heavy atom.